The highest BCUT2D eigenvalue weighted by Crippen LogP contribution is 2.17. The molecule has 0 fully saturated rings. The van der Waals surface area contributed by atoms with Gasteiger partial charge in [0.2, 0.25) is 0 Å². The average Bonchev–Trinajstić information content (AvgIpc) is 2.46. The first-order chi connectivity index (χ1) is 8.93. The predicted molar refractivity (Wildman–Crippen MR) is 72.7 cm³/mol. The summed E-state index contributed by atoms with van der Waals surface area (Å²) >= 11 is 0. The fraction of sp³-hybridized carbons (Fsp3) is 0. The zero-order valence-electron chi connectivity index (χ0n) is 9.69. The first kappa shape index (κ1) is 10.6. The van der Waals surface area contributed by atoms with Crippen molar-refractivity contribution in [2.24, 2.45) is 0 Å². The number of nitrogens with zero attached hydrogens (tertiary/aromatic N) is 3. The van der Waals surface area contributed by atoms with Gasteiger partial charge < -0.3 is 0 Å². The van der Waals surface area contributed by atoms with E-state index in [1.54, 1.807) is 12.4 Å². The molecular formula is C15H11N3. The van der Waals surface area contributed by atoms with Gasteiger partial charge in [0.1, 0.15) is 0 Å². The van der Waals surface area contributed by atoms with E-state index in [1.807, 2.05) is 54.7 Å². The molecule has 3 aromatic rings. The second-order valence-corrected chi connectivity index (χ2v) is 3.94. The molecule has 0 aliphatic heterocycles. The minimum atomic E-state index is 0.908. The fourth-order valence-electron chi connectivity index (χ4n) is 1.82. The summed E-state index contributed by atoms with van der Waals surface area (Å²) in [6.07, 6.45) is 9.42. The van der Waals surface area contributed by atoms with Crippen molar-refractivity contribution in [3.63, 3.8) is 0 Å². The number of rotatable bonds is 2. The molecule has 2 heterocycles. The van der Waals surface area contributed by atoms with Crippen LogP contribution in [-0.4, -0.2) is 15.2 Å². The van der Waals surface area contributed by atoms with Gasteiger partial charge in [0, 0.05) is 23.3 Å². The minimum Gasteiger partial charge on any atom is -0.264 e. The van der Waals surface area contributed by atoms with E-state index in [9.17, 15) is 0 Å². The molecular weight excluding hydrogens is 222 g/mol. The Bertz CT molecular complexity index is 685. The van der Waals surface area contributed by atoms with Crippen LogP contribution in [0.2, 0.25) is 0 Å². The van der Waals surface area contributed by atoms with Gasteiger partial charge in [-0.3, -0.25) is 4.98 Å². The van der Waals surface area contributed by atoms with Gasteiger partial charge in [-0.15, -0.1) is 0 Å². The van der Waals surface area contributed by atoms with E-state index in [4.69, 9.17) is 0 Å². The molecule has 0 aliphatic rings. The smallest absolute Gasteiger partial charge is 0.0935 e. The highest BCUT2D eigenvalue weighted by atomic mass is 15.1. The summed E-state index contributed by atoms with van der Waals surface area (Å²) in [5, 5.41) is 9.21. The van der Waals surface area contributed by atoms with Gasteiger partial charge in [0.15, 0.2) is 0 Å². The van der Waals surface area contributed by atoms with E-state index in [2.05, 4.69) is 15.2 Å². The van der Waals surface area contributed by atoms with Gasteiger partial charge in [-0.1, -0.05) is 36.4 Å². The molecule has 0 N–H and O–H groups in total. The number of hydrogen-bond acceptors (Lipinski definition) is 3. The summed E-state index contributed by atoms with van der Waals surface area (Å²) in [4.78, 5) is 4.08. The van der Waals surface area contributed by atoms with E-state index < -0.39 is 0 Å². The third-order valence-corrected chi connectivity index (χ3v) is 2.72. The van der Waals surface area contributed by atoms with Crippen LogP contribution in [0.25, 0.3) is 23.1 Å². The second-order valence-electron chi connectivity index (χ2n) is 3.94. The molecule has 0 atom stereocenters. The Morgan fingerprint density at radius 2 is 1.83 bits per heavy atom. The van der Waals surface area contributed by atoms with E-state index in [0.29, 0.717) is 0 Å². The molecule has 0 spiro atoms. The van der Waals surface area contributed by atoms with Crippen LogP contribution >= 0.6 is 0 Å². The SMILES string of the molecule is C(=Cc1cnnc2ccccc12)c1cccnc1. The molecule has 3 rings (SSSR count). The van der Waals surface area contributed by atoms with Crippen LogP contribution in [0, 0.1) is 0 Å². The highest BCUT2D eigenvalue weighted by molar-refractivity contribution is 5.89. The number of fused-ring (bicyclic) bond motifs is 1. The maximum absolute atomic E-state index is 4.10. The molecule has 3 heteroatoms. The van der Waals surface area contributed by atoms with Crippen molar-refractivity contribution in [1.29, 1.82) is 0 Å². The van der Waals surface area contributed by atoms with Crippen molar-refractivity contribution in [2.75, 3.05) is 0 Å². The normalized spacial score (nSPS) is 11.1. The molecule has 18 heavy (non-hydrogen) atoms. The number of aromatic nitrogens is 3. The van der Waals surface area contributed by atoms with E-state index >= 15 is 0 Å². The summed E-state index contributed by atoms with van der Waals surface area (Å²) in [6, 6.07) is 11.9. The van der Waals surface area contributed by atoms with Gasteiger partial charge in [-0.2, -0.15) is 10.2 Å². The summed E-state index contributed by atoms with van der Waals surface area (Å²) < 4.78 is 0. The highest BCUT2D eigenvalue weighted by Gasteiger charge is 1.98. The lowest BCUT2D eigenvalue weighted by Crippen LogP contribution is -1.86. The fourth-order valence-corrected chi connectivity index (χ4v) is 1.82. The van der Waals surface area contributed by atoms with Crippen LogP contribution in [0.1, 0.15) is 11.1 Å². The van der Waals surface area contributed by atoms with Crippen molar-refractivity contribution in [1.82, 2.24) is 15.2 Å². The van der Waals surface area contributed by atoms with Crippen molar-refractivity contribution in [3.05, 3.63) is 66.1 Å². The Labute approximate surface area is 105 Å². The number of benzene rings is 1. The third-order valence-electron chi connectivity index (χ3n) is 2.72. The maximum Gasteiger partial charge on any atom is 0.0935 e. The van der Waals surface area contributed by atoms with Crippen molar-refractivity contribution >= 4 is 23.1 Å². The lowest BCUT2D eigenvalue weighted by Gasteiger charge is -1.99. The van der Waals surface area contributed by atoms with Gasteiger partial charge in [0.25, 0.3) is 0 Å². The summed E-state index contributed by atoms with van der Waals surface area (Å²) in [7, 11) is 0. The minimum absolute atomic E-state index is 0.908. The average molecular weight is 233 g/mol. The van der Waals surface area contributed by atoms with Crippen molar-refractivity contribution < 1.29 is 0 Å². The van der Waals surface area contributed by atoms with Crippen LogP contribution in [0.3, 0.4) is 0 Å². The quantitative estimate of drug-likeness (QED) is 0.682. The maximum atomic E-state index is 4.10. The molecule has 0 aliphatic carbocycles. The van der Waals surface area contributed by atoms with Crippen LogP contribution in [0.5, 0.6) is 0 Å². The molecule has 0 amide bonds. The molecule has 0 radical (unpaired) electrons. The summed E-state index contributed by atoms with van der Waals surface area (Å²) in [5.41, 5.74) is 3.04. The summed E-state index contributed by atoms with van der Waals surface area (Å²) in [5.74, 6) is 0. The van der Waals surface area contributed by atoms with Gasteiger partial charge in [0.05, 0.1) is 11.7 Å². The zero-order valence-corrected chi connectivity index (χ0v) is 9.69. The van der Waals surface area contributed by atoms with Gasteiger partial charge in [-0.25, -0.2) is 0 Å². The second kappa shape index (κ2) is 4.75. The largest absolute Gasteiger partial charge is 0.264 e. The Kier molecular flexibility index (Phi) is 2.80. The standard InChI is InChI=1S/C15H11N3/c1-2-6-15-14(5-1)13(11-17-18-15)8-7-12-4-3-9-16-10-12/h1-11H. The molecule has 0 bridgehead atoms. The number of pyridine rings is 1. The Morgan fingerprint density at radius 3 is 2.72 bits per heavy atom. The Balaban J connectivity index is 2.03. The lowest BCUT2D eigenvalue weighted by molar-refractivity contribution is 1.07. The van der Waals surface area contributed by atoms with E-state index in [-0.39, 0.29) is 0 Å². The molecule has 86 valence electrons. The van der Waals surface area contributed by atoms with Gasteiger partial charge in [-0.05, 0) is 17.7 Å². The molecule has 0 saturated heterocycles. The van der Waals surface area contributed by atoms with Crippen LogP contribution in [0.4, 0.5) is 0 Å². The number of hydrogen-bond donors (Lipinski definition) is 0. The Morgan fingerprint density at radius 1 is 0.889 bits per heavy atom. The van der Waals surface area contributed by atoms with Crippen LogP contribution in [-0.2, 0) is 0 Å². The first-order valence-corrected chi connectivity index (χ1v) is 5.72. The first-order valence-electron chi connectivity index (χ1n) is 5.72. The zero-order chi connectivity index (χ0) is 12.2. The lowest BCUT2D eigenvalue weighted by atomic mass is 10.1. The van der Waals surface area contributed by atoms with Crippen LogP contribution in [0.15, 0.2) is 55.0 Å². The topological polar surface area (TPSA) is 38.7 Å². The van der Waals surface area contributed by atoms with Gasteiger partial charge >= 0.3 is 0 Å². The Hall–Kier alpha value is -2.55. The van der Waals surface area contributed by atoms with E-state index in [0.717, 1.165) is 22.0 Å². The molecule has 0 saturated carbocycles. The molecule has 2 aromatic heterocycles. The van der Waals surface area contributed by atoms with E-state index in [1.165, 1.54) is 0 Å². The summed E-state index contributed by atoms with van der Waals surface area (Å²) in [6.45, 7) is 0. The monoisotopic (exact) mass is 233 g/mol. The van der Waals surface area contributed by atoms with Crippen molar-refractivity contribution in [2.45, 2.75) is 0 Å². The third kappa shape index (κ3) is 2.11. The predicted octanol–water partition coefficient (Wildman–Crippen LogP) is 3.20. The van der Waals surface area contributed by atoms with Crippen LogP contribution < -0.4 is 0 Å². The molecule has 0 unspecified atom stereocenters. The molecule has 3 nitrogen and oxygen atoms in total. The molecule has 1 aromatic carbocycles. The van der Waals surface area contributed by atoms with Crippen molar-refractivity contribution in [3.8, 4) is 0 Å².